The van der Waals surface area contributed by atoms with Gasteiger partial charge in [0.25, 0.3) is 0 Å². The van der Waals surface area contributed by atoms with Crippen LogP contribution in [0.3, 0.4) is 0 Å². The van der Waals surface area contributed by atoms with Crippen molar-refractivity contribution in [2.75, 3.05) is 6.61 Å². The molecule has 0 aromatic carbocycles. The number of aliphatic hydroxyl groups is 1. The van der Waals surface area contributed by atoms with Crippen LogP contribution in [0.25, 0.3) is 0 Å². The number of aliphatic hydroxyl groups excluding tert-OH is 1. The smallest absolute Gasteiger partial charge is 0.248 e. The lowest BCUT2D eigenvalue weighted by molar-refractivity contribution is -0.130. The van der Waals surface area contributed by atoms with Gasteiger partial charge in [0.2, 0.25) is 11.8 Å². The molecular formula is C13H23F2NO2. The van der Waals surface area contributed by atoms with E-state index in [-0.39, 0.29) is 50.2 Å². The molecule has 0 heterocycles. The van der Waals surface area contributed by atoms with E-state index in [2.05, 4.69) is 5.32 Å². The first-order valence-electron chi connectivity index (χ1n) is 6.63. The van der Waals surface area contributed by atoms with Crippen LogP contribution in [0.1, 0.15) is 46.0 Å². The molecule has 3 nitrogen and oxygen atoms in total. The highest BCUT2D eigenvalue weighted by Gasteiger charge is 2.37. The third-order valence-corrected chi connectivity index (χ3v) is 3.41. The van der Waals surface area contributed by atoms with Gasteiger partial charge in [-0.05, 0) is 25.2 Å². The van der Waals surface area contributed by atoms with Crippen LogP contribution < -0.4 is 5.32 Å². The second kappa shape index (κ2) is 6.45. The molecule has 0 aromatic heterocycles. The Morgan fingerprint density at radius 1 is 1.39 bits per heavy atom. The predicted octanol–water partition coefficient (Wildman–Crippen LogP) is 2.34. The van der Waals surface area contributed by atoms with Gasteiger partial charge in [0, 0.05) is 18.8 Å². The van der Waals surface area contributed by atoms with Crippen molar-refractivity contribution in [3.63, 3.8) is 0 Å². The molecule has 1 unspecified atom stereocenters. The highest BCUT2D eigenvalue weighted by atomic mass is 19.3. The normalized spacial score (nSPS) is 21.9. The first-order valence-corrected chi connectivity index (χ1v) is 6.63. The number of hydrogen-bond donors (Lipinski definition) is 2. The first kappa shape index (κ1) is 15.3. The number of carbonyl (C=O) groups is 1. The number of amides is 1. The van der Waals surface area contributed by atoms with Crippen molar-refractivity contribution in [2.24, 2.45) is 11.8 Å². The van der Waals surface area contributed by atoms with E-state index < -0.39 is 5.92 Å². The van der Waals surface area contributed by atoms with Gasteiger partial charge in [0.15, 0.2) is 0 Å². The molecule has 1 fully saturated rings. The molecule has 0 aliphatic heterocycles. The zero-order valence-corrected chi connectivity index (χ0v) is 11.1. The number of carbonyl (C=O) groups excluding carboxylic acids is 1. The zero-order chi connectivity index (χ0) is 13.8. The fourth-order valence-electron chi connectivity index (χ4n) is 2.37. The van der Waals surface area contributed by atoms with Crippen LogP contribution in [-0.2, 0) is 4.79 Å². The monoisotopic (exact) mass is 263 g/mol. The Balaban J connectivity index is 2.40. The van der Waals surface area contributed by atoms with Gasteiger partial charge in [0.1, 0.15) is 0 Å². The maximum atomic E-state index is 13.0. The van der Waals surface area contributed by atoms with E-state index in [1.807, 2.05) is 13.8 Å². The largest absolute Gasteiger partial charge is 0.394 e. The molecule has 2 N–H and O–H groups in total. The lowest BCUT2D eigenvalue weighted by Crippen LogP contribution is -2.43. The van der Waals surface area contributed by atoms with Crippen molar-refractivity contribution < 1.29 is 18.7 Å². The molecule has 0 saturated heterocycles. The number of nitrogens with one attached hydrogen (secondary N) is 1. The van der Waals surface area contributed by atoms with Gasteiger partial charge < -0.3 is 10.4 Å². The van der Waals surface area contributed by atoms with E-state index in [1.54, 1.807) is 0 Å². The average molecular weight is 263 g/mol. The summed E-state index contributed by atoms with van der Waals surface area (Å²) < 4.78 is 25.9. The summed E-state index contributed by atoms with van der Waals surface area (Å²) in [5, 5.41) is 11.9. The van der Waals surface area contributed by atoms with Crippen molar-refractivity contribution in [2.45, 2.75) is 57.9 Å². The summed E-state index contributed by atoms with van der Waals surface area (Å²) in [5.74, 6) is -2.75. The number of hydrogen-bond acceptors (Lipinski definition) is 2. The fraction of sp³-hybridized carbons (Fsp3) is 0.923. The van der Waals surface area contributed by atoms with Crippen LogP contribution in [0.15, 0.2) is 0 Å². The molecule has 1 rings (SSSR count). The van der Waals surface area contributed by atoms with Crippen LogP contribution in [0.4, 0.5) is 8.78 Å². The van der Waals surface area contributed by atoms with Gasteiger partial charge in [0.05, 0.1) is 12.6 Å². The maximum absolute atomic E-state index is 13.0. The topological polar surface area (TPSA) is 49.3 Å². The van der Waals surface area contributed by atoms with Crippen LogP contribution in [0.2, 0.25) is 0 Å². The molecule has 0 bridgehead atoms. The Bertz CT molecular complexity index is 272. The molecule has 0 spiro atoms. The summed E-state index contributed by atoms with van der Waals surface area (Å²) in [4.78, 5) is 11.9. The van der Waals surface area contributed by atoms with Gasteiger partial charge >= 0.3 is 0 Å². The minimum absolute atomic E-state index is 0.104. The number of alkyl halides is 2. The molecule has 18 heavy (non-hydrogen) atoms. The highest BCUT2D eigenvalue weighted by Crippen LogP contribution is 2.36. The summed E-state index contributed by atoms with van der Waals surface area (Å²) in [5.41, 5.74) is 0. The fourth-order valence-corrected chi connectivity index (χ4v) is 2.37. The second-order valence-electron chi connectivity index (χ2n) is 5.65. The minimum Gasteiger partial charge on any atom is -0.394 e. The Kier molecular flexibility index (Phi) is 5.50. The summed E-state index contributed by atoms with van der Waals surface area (Å²) in [6.07, 6.45) is 0.751. The molecule has 1 amide bonds. The van der Waals surface area contributed by atoms with Gasteiger partial charge in [-0.1, -0.05) is 13.8 Å². The van der Waals surface area contributed by atoms with Crippen LogP contribution in [0, 0.1) is 11.8 Å². The van der Waals surface area contributed by atoms with Crippen molar-refractivity contribution >= 4 is 5.91 Å². The predicted molar refractivity (Wildman–Crippen MR) is 65.4 cm³/mol. The average Bonchev–Trinajstić information content (AvgIpc) is 2.27. The molecule has 1 saturated carbocycles. The molecule has 106 valence electrons. The van der Waals surface area contributed by atoms with Crippen molar-refractivity contribution in [1.29, 1.82) is 0 Å². The first-order chi connectivity index (χ1) is 8.34. The molecule has 1 aliphatic carbocycles. The van der Waals surface area contributed by atoms with Gasteiger partial charge in [-0.3, -0.25) is 4.79 Å². The SMILES string of the molecule is CC(C)CC(CO)NC(=O)C1CCC(F)(F)CC1. The van der Waals surface area contributed by atoms with E-state index in [0.717, 1.165) is 0 Å². The van der Waals surface area contributed by atoms with E-state index in [1.165, 1.54) is 0 Å². The molecule has 0 radical (unpaired) electrons. The van der Waals surface area contributed by atoms with E-state index in [4.69, 9.17) is 0 Å². The Morgan fingerprint density at radius 2 is 1.94 bits per heavy atom. The lowest BCUT2D eigenvalue weighted by atomic mass is 9.86. The Labute approximate surface area is 107 Å². The van der Waals surface area contributed by atoms with Crippen molar-refractivity contribution in [3.05, 3.63) is 0 Å². The van der Waals surface area contributed by atoms with E-state index in [0.29, 0.717) is 12.3 Å². The van der Waals surface area contributed by atoms with Crippen LogP contribution in [0.5, 0.6) is 0 Å². The van der Waals surface area contributed by atoms with E-state index >= 15 is 0 Å². The standard InChI is InChI=1S/C13H23F2NO2/c1-9(2)7-11(8-17)16-12(18)10-3-5-13(14,15)6-4-10/h9-11,17H,3-8H2,1-2H3,(H,16,18). The number of rotatable bonds is 5. The molecule has 0 aromatic rings. The third kappa shape index (κ3) is 4.88. The Hall–Kier alpha value is -0.710. The van der Waals surface area contributed by atoms with Crippen molar-refractivity contribution in [1.82, 2.24) is 5.32 Å². The quantitative estimate of drug-likeness (QED) is 0.800. The maximum Gasteiger partial charge on any atom is 0.248 e. The summed E-state index contributed by atoms with van der Waals surface area (Å²) >= 11 is 0. The van der Waals surface area contributed by atoms with Gasteiger partial charge in [-0.15, -0.1) is 0 Å². The summed E-state index contributed by atoms with van der Waals surface area (Å²) in [7, 11) is 0. The Morgan fingerprint density at radius 3 is 2.39 bits per heavy atom. The molecule has 1 atom stereocenters. The van der Waals surface area contributed by atoms with Gasteiger partial charge in [-0.25, -0.2) is 8.78 Å². The van der Waals surface area contributed by atoms with Crippen LogP contribution in [-0.4, -0.2) is 29.6 Å². The molecule has 5 heteroatoms. The van der Waals surface area contributed by atoms with Gasteiger partial charge in [-0.2, -0.15) is 0 Å². The second-order valence-corrected chi connectivity index (χ2v) is 5.65. The molecular weight excluding hydrogens is 240 g/mol. The lowest BCUT2D eigenvalue weighted by Gasteiger charge is -2.29. The highest BCUT2D eigenvalue weighted by molar-refractivity contribution is 5.79. The van der Waals surface area contributed by atoms with Crippen molar-refractivity contribution in [3.8, 4) is 0 Å². The molecule has 1 aliphatic rings. The van der Waals surface area contributed by atoms with Crippen LogP contribution >= 0.6 is 0 Å². The zero-order valence-electron chi connectivity index (χ0n) is 11.1. The summed E-state index contributed by atoms with van der Waals surface area (Å²) in [6, 6.07) is -0.264. The summed E-state index contributed by atoms with van der Waals surface area (Å²) in [6.45, 7) is 3.92. The van der Waals surface area contributed by atoms with E-state index in [9.17, 15) is 18.7 Å². The number of halogens is 2. The third-order valence-electron chi connectivity index (χ3n) is 3.41. The minimum atomic E-state index is -2.61.